The number of aryl methyl sites for hydroxylation is 1. The standard InChI is InChI=1S/C23H20N4O4/c1-15-10-22(28)31-21-11-19(8-9-20(15)21)30-16(2)23(29)26-24-12-17-13-25-27(14-17)18-6-4-3-5-7-18/h3-14,16H,1-2H3,(H,26,29)/b24-12-/t16-/m0/s1. The zero-order chi connectivity index (χ0) is 21.8. The third-order valence-corrected chi connectivity index (χ3v) is 4.62. The van der Waals surface area contributed by atoms with Gasteiger partial charge in [0.05, 0.1) is 18.1 Å². The number of amides is 1. The maximum Gasteiger partial charge on any atom is 0.336 e. The Kier molecular flexibility index (Phi) is 5.61. The lowest BCUT2D eigenvalue weighted by molar-refractivity contribution is -0.127. The molecule has 156 valence electrons. The summed E-state index contributed by atoms with van der Waals surface area (Å²) in [7, 11) is 0. The number of nitrogens with one attached hydrogen (secondary N) is 1. The molecule has 8 nitrogen and oxygen atoms in total. The quantitative estimate of drug-likeness (QED) is 0.296. The largest absolute Gasteiger partial charge is 0.481 e. The average Bonchev–Trinajstić information content (AvgIpc) is 3.23. The van der Waals surface area contributed by atoms with E-state index < -0.39 is 17.6 Å². The van der Waals surface area contributed by atoms with E-state index in [1.165, 1.54) is 12.3 Å². The molecule has 2 aromatic heterocycles. The van der Waals surface area contributed by atoms with Crippen LogP contribution in [0.15, 0.2) is 81.3 Å². The van der Waals surface area contributed by atoms with Gasteiger partial charge in [0.15, 0.2) is 6.10 Å². The molecule has 2 aromatic carbocycles. The number of benzene rings is 2. The number of aromatic nitrogens is 2. The van der Waals surface area contributed by atoms with Crippen molar-refractivity contribution in [3.63, 3.8) is 0 Å². The molecule has 0 fully saturated rings. The van der Waals surface area contributed by atoms with Crippen LogP contribution in [-0.4, -0.2) is 28.0 Å². The van der Waals surface area contributed by atoms with Gasteiger partial charge >= 0.3 is 5.63 Å². The van der Waals surface area contributed by atoms with Crippen LogP contribution in [0.2, 0.25) is 0 Å². The number of carbonyl (C=O) groups is 1. The van der Waals surface area contributed by atoms with Gasteiger partial charge in [0.25, 0.3) is 5.91 Å². The Balaban J connectivity index is 1.37. The average molecular weight is 416 g/mol. The van der Waals surface area contributed by atoms with Gasteiger partial charge in [-0.05, 0) is 43.7 Å². The number of hydrogen-bond acceptors (Lipinski definition) is 6. The number of carbonyl (C=O) groups excluding carboxylic acids is 1. The molecule has 0 aliphatic rings. The summed E-state index contributed by atoms with van der Waals surface area (Å²) in [4.78, 5) is 23.9. The van der Waals surface area contributed by atoms with Gasteiger partial charge in [-0.2, -0.15) is 10.2 Å². The molecule has 2 heterocycles. The van der Waals surface area contributed by atoms with Gasteiger partial charge in [0.1, 0.15) is 11.3 Å². The summed E-state index contributed by atoms with van der Waals surface area (Å²) in [6.07, 6.45) is 4.14. The monoisotopic (exact) mass is 416 g/mol. The first-order valence-electron chi connectivity index (χ1n) is 9.64. The van der Waals surface area contributed by atoms with Crippen LogP contribution in [0.5, 0.6) is 5.75 Å². The van der Waals surface area contributed by atoms with Crippen molar-refractivity contribution in [2.45, 2.75) is 20.0 Å². The van der Waals surface area contributed by atoms with Crippen LogP contribution in [0.4, 0.5) is 0 Å². The smallest absolute Gasteiger partial charge is 0.336 e. The first kappa shape index (κ1) is 20.1. The van der Waals surface area contributed by atoms with Gasteiger partial charge in [-0.3, -0.25) is 4.79 Å². The van der Waals surface area contributed by atoms with Gasteiger partial charge in [-0.1, -0.05) is 18.2 Å². The minimum absolute atomic E-state index is 0.406. The van der Waals surface area contributed by atoms with Gasteiger partial charge in [-0.15, -0.1) is 0 Å². The van der Waals surface area contributed by atoms with E-state index in [1.807, 2.05) is 37.3 Å². The minimum atomic E-state index is -0.807. The molecule has 0 unspecified atom stereocenters. The summed E-state index contributed by atoms with van der Waals surface area (Å²) in [5.74, 6) is -0.00508. The van der Waals surface area contributed by atoms with E-state index in [2.05, 4.69) is 15.6 Å². The molecule has 0 radical (unpaired) electrons. The van der Waals surface area contributed by atoms with E-state index >= 15 is 0 Å². The highest BCUT2D eigenvalue weighted by Crippen LogP contribution is 2.23. The second-order valence-electron chi connectivity index (χ2n) is 6.95. The SMILES string of the molecule is Cc1cc(=O)oc2cc(O[C@@H](C)C(=O)N/N=C\c3cnn(-c4ccccc4)c3)ccc12. The summed E-state index contributed by atoms with van der Waals surface area (Å²) in [5.41, 5.74) is 4.90. The molecular formula is C23H20N4O4. The lowest BCUT2D eigenvalue weighted by Crippen LogP contribution is -2.33. The molecule has 1 amide bonds. The summed E-state index contributed by atoms with van der Waals surface area (Å²) in [6, 6.07) is 16.2. The Hall–Kier alpha value is -4.20. The van der Waals surface area contributed by atoms with Gasteiger partial charge in [-0.25, -0.2) is 14.9 Å². The van der Waals surface area contributed by atoms with E-state index in [4.69, 9.17) is 9.15 Å². The Morgan fingerprint density at radius 2 is 2.03 bits per heavy atom. The van der Waals surface area contributed by atoms with E-state index in [0.717, 1.165) is 22.2 Å². The lowest BCUT2D eigenvalue weighted by atomic mass is 10.1. The third-order valence-electron chi connectivity index (χ3n) is 4.62. The number of hydrazone groups is 1. The molecule has 1 atom stereocenters. The number of ether oxygens (including phenoxy) is 1. The van der Waals surface area contributed by atoms with Crippen LogP contribution < -0.4 is 15.8 Å². The number of para-hydroxylation sites is 1. The highest BCUT2D eigenvalue weighted by molar-refractivity contribution is 5.84. The maximum absolute atomic E-state index is 12.3. The molecule has 0 saturated heterocycles. The zero-order valence-electron chi connectivity index (χ0n) is 17.0. The number of hydrogen-bond donors (Lipinski definition) is 1. The summed E-state index contributed by atoms with van der Waals surface area (Å²) in [5, 5.41) is 9.05. The van der Waals surface area contributed by atoms with Crippen molar-refractivity contribution in [1.82, 2.24) is 15.2 Å². The fourth-order valence-corrected chi connectivity index (χ4v) is 3.02. The number of nitrogens with zero attached hydrogens (tertiary/aromatic N) is 3. The first-order chi connectivity index (χ1) is 15.0. The van der Waals surface area contributed by atoms with Crippen molar-refractivity contribution in [1.29, 1.82) is 0 Å². The molecule has 0 saturated carbocycles. The number of rotatable bonds is 6. The van der Waals surface area contributed by atoms with Crippen molar-refractivity contribution in [2.24, 2.45) is 5.10 Å². The van der Waals surface area contributed by atoms with Crippen molar-refractivity contribution in [3.05, 3.63) is 88.5 Å². The van der Waals surface area contributed by atoms with Crippen LogP contribution in [0.1, 0.15) is 18.1 Å². The molecule has 8 heteroatoms. The van der Waals surface area contributed by atoms with E-state index in [1.54, 1.807) is 42.2 Å². The summed E-state index contributed by atoms with van der Waals surface area (Å²) >= 11 is 0. The molecule has 0 aliphatic carbocycles. The molecule has 1 N–H and O–H groups in total. The predicted molar refractivity (Wildman–Crippen MR) is 117 cm³/mol. The van der Waals surface area contributed by atoms with Crippen LogP contribution in [-0.2, 0) is 4.79 Å². The van der Waals surface area contributed by atoms with Gasteiger partial charge in [0, 0.05) is 29.3 Å². The molecular weight excluding hydrogens is 396 g/mol. The lowest BCUT2D eigenvalue weighted by Gasteiger charge is -2.13. The van der Waals surface area contributed by atoms with Crippen LogP contribution >= 0.6 is 0 Å². The highest BCUT2D eigenvalue weighted by Gasteiger charge is 2.15. The maximum atomic E-state index is 12.3. The Morgan fingerprint density at radius 3 is 2.84 bits per heavy atom. The Bertz CT molecular complexity index is 1310. The highest BCUT2D eigenvalue weighted by atomic mass is 16.5. The van der Waals surface area contributed by atoms with E-state index in [-0.39, 0.29) is 0 Å². The molecule has 0 bridgehead atoms. The van der Waals surface area contributed by atoms with Crippen LogP contribution in [0.25, 0.3) is 16.7 Å². The van der Waals surface area contributed by atoms with Crippen LogP contribution in [0, 0.1) is 6.92 Å². The third kappa shape index (κ3) is 4.69. The molecule has 4 aromatic rings. The molecule has 4 rings (SSSR count). The Labute approximate surface area is 177 Å². The van der Waals surface area contributed by atoms with E-state index in [0.29, 0.717) is 11.3 Å². The topological polar surface area (TPSA) is 98.7 Å². The second-order valence-corrected chi connectivity index (χ2v) is 6.95. The zero-order valence-corrected chi connectivity index (χ0v) is 17.0. The normalized spacial score (nSPS) is 12.2. The molecule has 31 heavy (non-hydrogen) atoms. The van der Waals surface area contributed by atoms with Crippen molar-refractivity contribution in [3.8, 4) is 11.4 Å². The van der Waals surface area contributed by atoms with Gasteiger partial charge in [0.2, 0.25) is 0 Å². The van der Waals surface area contributed by atoms with Crippen molar-refractivity contribution in [2.75, 3.05) is 0 Å². The second kappa shape index (κ2) is 8.66. The molecule has 0 spiro atoms. The summed E-state index contributed by atoms with van der Waals surface area (Å²) < 4.78 is 12.6. The minimum Gasteiger partial charge on any atom is -0.481 e. The fraction of sp³-hybridized carbons (Fsp3) is 0.130. The van der Waals surface area contributed by atoms with Gasteiger partial charge < -0.3 is 9.15 Å². The Morgan fingerprint density at radius 1 is 1.23 bits per heavy atom. The van der Waals surface area contributed by atoms with E-state index in [9.17, 15) is 9.59 Å². The fourth-order valence-electron chi connectivity index (χ4n) is 3.02. The summed E-state index contributed by atoms with van der Waals surface area (Å²) in [6.45, 7) is 3.44. The van der Waals surface area contributed by atoms with Crippen LogP contribution in [0.3, 0.4) is 0 Å². The van der Waals surface area contributed by atoms with Crippen molar-refractivity contribution < 1.29 is 13.9 Å². The van der Waals surface area contributed by atoms with Crippen molar-refractivity contribution >= 4 is 23.1 Å². The predicted octanol–water partition coefficient (Wildman–Crippen LogP) is 3.20. The molecule has 0 aliphatic heterocycles. The first-order valence-corrected chi connectivity index (χ1v) is 9.64. The number of fused-ring (bicyclic) bond motifs is 1.